The van der Waals surface area contributed by atoms with E-state index < -0.39 is 0 Å². The van der Waals surface area contributed by atoms with Gasteiger partial charge in [0.15, 0.2) is 23.1 Å². The number of fused-ring (bicyclic) bond motifs is 1. The number of halogens is 1. The molecule has 0 bridgehead atoms. The summed E-state index contributed by atoms with van der Waals surface area (Å²) in [5.41, 5.74) is 3.08. The van der Waals surface area contributed by atoms with Gasteiger partial charge in [-0.2, -0.15) is 0 Å². The highest BCUT2D eigenvalue weighted by Crippen LogP contribution is 2.40. The number of methoxy groups -OCH3 is 2. The van der Waals surface area contributed by atoms with Crippen LogP contribution >= 0.6 is 0 Å². The Hall–Kier alpha value is -2.27. The summed E-state index contributed by atoms with van der Waals surface area (Å²) in [6, 6.07) is 8.92. The Balaban J connectivity index is 2.06. The molecule has 24 heavy (non-hydrogen) atoms. The standard InChI is InChI=1S/C19H22FNO3/c1-4-24-19-14-9-10-21-18(13(14)6-8-17(19)23-3)12-5-7-16(22-2)15(20)11-12/h5-8,11,18,21H,4,9-10H2,1-3H3. The van der Waals surface area contributed by atoms with Gasteiger partial charge in [0.1, 0.15) is 0 Å². The summed E-state index contributed by atoms with van der Waals surface area (Å²) in [4.78, 5) is 0. The predicted molar refractivity (Wildman–Crippen MR) is 90.7 cm³/mol. The quantitative estimate of drug-likeness (QED) is 0.911. The number of hydrogen-bond acceptors (Lipinski definition) is 4. The van der Waals surface area contributed by atoms with Crippen molar-refractivity contribution in [1.29, 1.82) is 0 Å². The summed E-state index contributed by atoms with van der Waals surface area (Å²) < 4.78 is 30.4. The zero-order chi connectivity index (χ0) is 17.1. The van der Waals surface area contributed by atoms with Crippen molar-refractivity contribution in [2.45, 2.75) is 19.4 Å². The van der Waals surface area contributed by atoms with Crippen LogP contribution in [0, 0.1) is 5.82 Å². The molecule has 1 heterocycles. The third-order valence-electron chi connectivity index (χ3n) is 4.31. The molecule has 1 aliphatic rings. The zero-order valence-electron chi connectivity index (χ0n) is 14.2. The smallest absolute Gasteiger partial charge is 0.165 e. The van der Waals surface area contributed by atoms with E-state index in [4.69, 9.17) is 14.2 Å². The minimum atomic E-state index is -0.359. The van der Waals surface area contributed by atoms with Crippen LogP contribution < -0.4 is 19.5 Å². The number of hydrogen-bond donors (Lipinski definition) is 1. The Kier molecular flexibility index (Phi) is 4.90. The second kappa shape index (κ2) is 7.09. The van der Waals surface area contributed by atoms with E-state index in [1.54, 1.807) is 13.2 Å². The van der Waals surface area contributed by atoms with Gasteiger partial charge in [0.05, 0.1) is 26.9 Å². The highest BCUT2D eigenvalue weighted by molar-refractivity contribution is 5.54. The van der Waals surface area contributed by atoms with E-state index in [9.17, 15) is 4.39 Å². The van der Waals surface area contributed by atoms with Gasteiger partial charge in [-0.05, 0) is 42.7 Å². The van der Waals surface area contributed by atoms with Crippen LogP contribution in [0.3, 0.4) is 0 Å². The van der Waals surface area contributed by atoms with Crippen molar-refractivity contribution in [2.24, 2.45) is 0 Å². The van der Waals surface area contributed by atoms with Crippen LogP contribution in [-0.2, 0) is 6.42 Å². The summed E-state index contributed by atoms with van der Waals surface area (Å²) in [7, 11) is 3.11. The molecule has 128 valence electrons. The van der Waals surface area contributed by atoms with Crippen molar-refractivity contribution in [3.05, 3.63) is 52.8 Å². The second-order valence-corrected chi connectivity index (χ2v) is 5.63. The Morgan fingerprint density at radius 3 is 2.54 bits per heavy atom. The first-order chi connectivity index (χ1) is 11.7. The molecule has 0 aliphatic carbocycles. The van der Waals surface area contributed by atoms with Crippen molar-refractivity contribution in [3.63, 3.8) is 0 Å². The number of benzene rings is 2. The van der Waals surface area contributed by atoms with Crippen molar-refractivity contribution in [2.75, 3.05) is 27.4 Å². The lowest BCUT2D eigenvalue weighted by Crippen LogP contribution is -2.31. The Morgan fingerprint density at radius 1 is 1.12 bits per heavy atom. The minimum absolute atomic E-state index is 0.0840. The second-order valence-electron chi connectivity index (χ2n) is 5.63. The molecular weight excluding hydrogens is 309 g/mol. The Morgan fingerprint density at radius 2 is 1.88 bits per heavy atom. The van der Waals surface area contributed by atoms with E-state index in [0.717, 1.165) is 41.2 Å². The van der Waals surface area contributed by atoms with Gasteiger partial charge in [-0.1, -0.05) is 12.1 Å². The number of rotatable bonds is 5. The van der Waals surface area contributed by atoms with Gasteiger partial charge in [0.25, 0.3) is 0 Å². The van der Waals surface area contributed by atoms with E-state index in [-0.39, 0.29) is 17.6 Å². The molecule has 1 atom stereocenters. The highest BCUT2D eigenvalue weighted by Gasteiger charge is 2.26. The molecule has 2 aromatic carbocycles. The van der Waals surface area contributed by atoms with Gasteiger partial charge in [-0.15, -0.1) is 0 Å². The fourth-order valence-electron chi connectivity index (χ4n) is 3.22. The third kappa shape index (κ3) is 2.91. The lowest BCUT2D eigenvalue weighted by molar-refractivity contribution is 0.305. The molecule has 0 saturated heterocycles. The average Bonchev–Trinajstić information content (AvgIpc) is 2.61. The molecule has 0 spiro atoms. The van der Waals surface area contributed by atoms with Crippen LogP contribution in [0.4, 0.5) is 4.39 Å². The fourth-order valence-corrected chi connectivity index (χ4v) is 3.22. The molecule has 0 fully saturated rings. The average molecular weight is 331 g/mol. The van der Waals surface area contributed by atoms with Crippen molar-refractivity contribution >= 4 is 0 Å². The van der Waals surface area contributed by atoms with Crippen molar-refractivity contribution in [1.82, 2.24) is 5.32 Å². The van der Waals surface area contributed by atoms with Gasteiger partial charge >= 0.3 is 0 Å². The maximum Gasteiger partial charge on any atom is 0.165 e. The molecule has 5 heteroatoms. The first-order valence-corrected chi connectivity index (χ1v) is 8.09. The molecule has 0 saturated carbocycles. The predicted octanol–water partition coefficient (Wildman–Crippen LogP) is 3.48. The lowest BCUT2D eigenvalue weighted by atomic mass is 9.89. The molecule has 0 amide bonds. The summed E-state index contributed by atoms with van der Waals surface area (Å²) >= 11 is 0. The molecular formula is C19H22FNO3. The van der Waals surface area contributed by atoms with E-state index in [2.05, 4.69) is 5.32 Å². The molecule has 3 rings (SSSR count). The first kappa shape index (κ1) is 16.6. The van der Waals surface area contributed by atoms with Crippen LogP contribution in [0.1, 0.15) is 29.7 Å². The van der Waals surface area contributed by atoms with Crippen LogP contribution in [0.5, 0.6) is 17.2 Å². The molecule has 1 unspecified atom stereocenters. The molecule has 4 nitrogen and oxygen atoms in total. The Labute approximate surface area is 141 Å². The fraction of sp³-hybridized carbons (Fsp3) is 0.368. The van der Waals surface area contributed by atoms with E-state index >= 15 is 0 Å². The summed E-state index contributed by atoms with van der Waals surface area (Å²) in [5, 5.41) is 3.46. The third-order valence-corrected chi connectivity index (χ3v) is 4.31. The Bertz CT molecular complexity index is 733. The molecule has 1 aliphatic heterocycles. The highest BCUT2D eigenvalue weighted by atomic mass is 19.1. The molecule has 0 aromatic heterocycles. The lowest BCUT2D eigenvalue weighted by Gasteiger charge is -2.29. The van der Waals surface area contributed by atoms with E-state index in [1.807, 2.05) is 25.1 Å². The first-order valence-electron chi connectivity index (χ1n) is 8.09. The van der Waals surface area contributed by atoms with Crippen LogP contribution in [0.15, 0.2) is 30.3 Å². The van der Waals surface area contributed by atoms with Crippen molar-refractivity contribution < 1.29 is 18.6 Å². The van der Waals surface area contributed by atoms with E-state index in [1.165, 1.54) is 13.2 Å². The van der Waals surface area contributed by atoms with Crippen LogP contribution in [-0.4, -0.2) is 27.4 Å². The summed E-state index contributed by atoms with van der Waals surface area (Å²) in [6.45, 7) is 3.32. The zero-order valence-corrected chi connectivity index (χ0v) is 14.2. The van der Waals surface area contributed by atoms with Crippen LogP contribution in [0.25, 0.3) is 0 Å². The van der Waals surface area contributed by atoms with Gasteiger partial charge in [-0.3, -0.25) is 0 Å². The summed E-state index contributed by atoms with van der Waals surface area (Å²) in [6.07, 6.45) is 0.844. The largest absolute Gasteiger partial charge is 0.494 e. The van der Waals surface area contributed by atoms with Crippen LogP contribution in [0.2, 0.25) is 0 Å². The van der Waals surface area contributed by atoms with Gasteiger partial charge in [0, 0.05) is 12.1 Å². The van der Waals surface area contributed by atoms with E-state index in [0.29, 0.717) is 6.61 Å². The van der Waals surface area contributed by atoms with Gasteiger partial charge in [-0.25, -0.2) is 4.39 Å². The summed E-state index contributed by atoms with van der Waals surface area (Å²) in [5.74, 6) is 1.41. The number of ether oxygens (including phenoxy) is 3. The normalized spacial score (nSPS) is 16.4. The van der Waals surface area contributed by atoms with Gasteiger partial charge < -0.3 is 19.5 Å². The van der Waals surface area contributed by atoms with Gasteiger partial charge in [0.2, 0.25) is 0 Å². The maximum atomic E-state index is 14.1. The SMILES string of the molecule is CCOc1c(OC)ccc2c1CCNC2c1ccc(OC)c(F)c1. The monoisotopic (exact) mass is 331 g/mol. The van der Waals surface area contributed by atoms with Crippen molar-refractivity contribution in [3.8, 4) is 17.2 Å². The topological polar surface area (TPSA) is 39.7 Å². The minimum Gasteiger partial charge on any atom is -0.494 e. The molecule has 1 N–H and O–H groups in total. The maximum absolute atomic E-state index is 14.1. The molecule has 2 aromatic rings. The molecule has 0 radical (unpaired) electrons. The number of nitrogens with one attached hydrogen (secondary N) is 1.